The highest BCUT2D eigenvalue weighted by atomic mass is 32.1. The number of rotatable bonds is 6. The molecule has 1 aromatic heterocycles. The molecule has 35 heavy (non-hydrogen) atoms. The van der Waals surface area contributed by atoms with Crippen LogP contribution in [0.2, 0.25) is 0 Å². The Bertz CT molecular complexity index is 1130. The number of nitrogens with zero attached hydrogens (tertiary/aromatic N) is 2. The molecule has 1 aliphatic carbocycles. The molecule has 188 valence electrons. The van der Waals surface area contributed by atoms with Crippen molar-refractivity contribution in [3.63, 3.8) is 0 Å². The highest BCUT2D eigenvalue weighted by Crippen LogP contribution is 2.56. The minimum absolute atomic E-state index is 0.0795. The Morgan fingerprint density at radius 3 is 2.46 bits per heavy atom. The summed E-state index contributed by atoms with van der Waals surface area (Å²) in [5.74, 6) is -1.99. The van der Waals surface area contributed by atoms with Crippen LogP contribution in [-0.4, -0.2) is 56.6 Å². The van der Waals surface area contributed by atoms with Gasteiger partial charge >= 0.3 is 5.97 Å². The number of carbonyl (C=O) groups is 3. The van der Waals surface area contributed by atoms with Crippen molar-refractivity contribution >= 4 is 29.1 Å². The Labute approximate surface area is 209 Å². The number of nitrogens with one attached hydrogen (secondary N) is 1. The number of benzene rings is 1. The lowest BCUT2D eigenvalue weighted by molar-refractivity contribution is -0.157. The smallest absolute Gasteiger partial charge is 0.309 e. The number of hydrogen-bond donors (Lipinski definition) is 3. The molecule has 2 heterocycles. The average Bonchev–Trinajstić information content (AvgIpc) is 3.48. The first-order valence-corrected chi connectivity index (χ1v) is 12.8. The number of carboxylic acid groups (broad SMARTS) is 1. The third kappa shape index (κ3) is 4.47. The van der Waals surface area contributed by atoms with E-state index in [-0.39, 0.29) is 24.8 Å². The maximum absolute atomic E-state index is 13.5. The van der Waals surface area contributed by atoms with Crippen molar-refractivity contribution in [3.8, 4) is 10.4 Å². The van der Waals surface area contributed by atoms with E-state index in [9.17, 15) is 24.6 Å². The van der Waals surface area contributed by atoms with Gasteiger partial charge in [0.05, 0.1) is 27.6 Å². The third-order valence-corrected chi connectivity index (χ3v) is 9.27. The minimum atomic E-state index is -1.02. The van der Waals surface area contributed by atoms with Gasteiger partial charge in [0.25, 0.3) is 0 Å². The maximum atomic E-state index is 13.5. The number of β-amino-alcohol motifs (C(OH)–C–C–N with tert-alkyl or cyclic N) is 1. The molecule has 1 aliphatic heterocycles. The summed E-state index contributed by atoms with van der Waals surface area (Å²) in [6, 6.07) is 7.13. The summed E-state index contributed by atoms with van der Waals surface area (Å²) in [5.41, 5.74) is 3.00. The first-order chi connectivity index (χ1) is 16.5. The molecule has 1 aromatic carbocycles. The molecule has 2 fully saturated rings. The first kappa shape index (κ1) is 25.3. The summed E-state index contributed by atoms with van der Waals surface area (Å²) in [6.45, 7) is 7.67. The zero-order valence-electron chi connectivity index (χ0n) is 20.6. The van der Waals surface area contributed by atoms with Crippen LogP contribution in [0.1, 0.15) is 51.3 Å². The van der Waals surface area contributed by atoms with Crippen LogP contribution in [-0.2, 0) is 20.9 Å². The second-order valence-electron chi connectivity index (χ2n) is 10.5. The number of aryl methyl sites for hydroxylation is 1. The Kier molecular flexibility index (Phi) is 6.76. The summed E-state index contributed by atoms with van der Waals surface area (Å²) < 4.78 is 0. The van der Waals surface area contributed by atoms with Gasteiger partial charge in [-0.1, -0.05) is 38.1 Å². The van der Waals surface area contributed by atoms with E-state index in [1.807, 2.05) is 50.5 Å². The average molecular weight is 500 g/mol. The van der Waals surface area contributed by atoms with Crippen molar-refractivity contribution < 1.29 is 24.6 Å². The number of aromatic nitrogens is 1. The Morgan fingerprint density at radius 2 is 1.89 bits per heavy atom. The Balaban J connectivity index is 1.42. The van der Waals surface area contributed by atoms with E-state index >= 15 is 0 Å². The molecule has 8 nitrogen and oxygen atoms in total. The van der Waals surface area contributed by atoms with Gasteiger partial charge in [0.2, 0.25) is 11.8 Å². The Morgan fingerprint density at radius 1 is 1.20 bits per heavy atom. The molecule has 0 radical (unpaired) electrons. The van der Waals surface area contributed by atoms with Gasteiger partial charge in [0.1, 0.15) is 6.04 Å². The lowest BCUT2D eigenvalue weighted by Gasteiger charge is -2.39. The molecule has 0 bridgehead atoms. The molecular formula is C26H33N3O5S. The molecule has 2 aromatic rings. The predicted octanol–water partition coefficient (Wildman–Crippen LogP) is 3.22. The fourth-order valence-corrected chi connectivity index (χ4v) is 6.29. The monoisotopic (exact) mass is 499 g/mol. The molecule has 0 unspecified atom stereocenters. The second-order valence-corrected chi connectivity index (χ2v) is 11.4. The lowest BCUT2D eigenvalue weighted by atomic mass is 9.65. The molecule has 9 heteroatoms. The maximum Gasteiger partial charge on any atom is 0.309 e. The number of aliphatic hydroxyl groups excluding tert-OH is 1. The number of aliphatic carboxylic acids is 1. The Hall–Kier alpha value is -2.78. The third-order valence-electron chi connectivity index (χ3n) is 8.29. The van der Waals surface area contributed by atoms with Crippen molar-refractivity contribution in [2.75, 3.05) is 6.54 Å². The minimum Gasteiger partial charge on any atom is -0.481 e. The number of aliphatic hydroxyl groups is 1. The topological polar surface area (TPSA) is 120 Å². The number of carboxylic acids is 1. The second kappa shape index (κ2) is 9.35. The molecule has 4 rings (SSSR count). The summed E-state index contributed by atoms with van der Waals surface area (Å²) in [5, 5.41) is 23.0. The van der Waals surface area contributed by atoms with E-state index in [1.165, 1.54) is 4.90 Å². The van der Waals surface area contributed by atoms with E-state index < -0.39 is 34.9 Å². The van der Waals surface area contributed by atoms with Crippen molar-refractivity contribution in [2.24, 2.45) is 16.7 Å². The largest absolute Gasteiger partial charge is 0.481 e. The highest BCUT2D eigenvalue weighted by Gasteiger charge is 2.59. The zero-order valence-corrected chi connectivity index (χ0v) is 21.4. The fourth-order valence-electron chi connectivity index (χ4n) is 5.48. The first-order valence-electron chi connectivity index (χ1n) is 11.9. The van der Waals surface area contributed by atoms with Crippen LogP contribution in [0.5, 0.6) is 0 Å². The number of carbonyl (C=O) groups excluding carboxylic acids is 2. The van der Waals surface area contributed by atoms with Gasteiger partial charge in [0, 0.05) is 25.4 Å². The van der Waals surface area contributed by atoms with Crippen LogP contribution in [0.15, 0.2) is 29.8 Å². The van der Waals surface area contributed by atoms with Crippen molar-refractivity contribution in [2.45, 2.75) is 65.6 Å². The van der Waals surface area contributed by atoms with Gasteiger partial charge in [-0.3, -0.25) is 14.4 Å². The van der Waals surface area contributed by atoms with Crippen LogP contribution >= 0.6 is 11.3 Å². The van der Waals surface area contributed by atoms with Crippen molar-refractivity contribution in [1.29, 1.82) is 0 Å². The van der Waals surface area contributed by atoms with Crippen LogP contribution in [0.3, 0.4) is 0 Å². The van der Waals surface area contributed by atoms with Crippen molar-refractivity contribution in [3.05, 3.63) is 41.0 Å². The number of hydrogen-bond acceptors (Lipinski definition) is 6. The number of thiazole rings is 1. The van der Waals surface area contributed by atoms with Crippen LogP contribution in [0.25, 0.3) is 10.4 Å². The predicted molar refractivity (Wildman–Crippen MR) is 133 cm³/mol. The highest BCUT2D eigenvalue weighted by molar-refractivity contribution is 7.13. The summed E-state index contributed by atoms with van der Waals surface area (Å²) in [4.78, 5) is 45.4. The van der Waals surface area contributed by atoms with E-state index in [0.717, 1.165) is 21.7 Å². The summed E-state index contributed by atoms with van der Waals surface area (Å²) >= 11 is 1.58. The van der Waals surface area contributed by atoms with Gasteiger partial charge < -0.3 is 20.4 Å². The molecule has 1 saturated heterocycles. The van der Waals surface area contributed by atoms with Gasteiger partial charge in [-0.2, -0.15) is 0 Å². The number of likely N-dealkylation sites (tertiary alicyclic amines) is 1. The van der Waals surface area contributed by atoms with Gasteiger partial charge in [-0.15, -0.1) is 11.3 Å². The normalized spacial score (nSPS) is 27.7. The van der Waals surface area contributed by atoms with Crippen LogP contribution < -0.4 is 5.32 Å². The lowest BCUT2D eigenvalue weighted by Crippen LogP contribution is -2.51. The molecule has 3 N–H and O–H groups in total. The van der Waals surface area contributed by atoms with E-state index in [1.54, 1.807) is 18.3 Å². The van der Waals surface area contributed by atoms with E-state index in [0.29, 0.717) is 19.4 Å². The molecular weight excluding hydrogens is 466 g/mol. The summed E-state index contributed by atoms with van der Waals surface area (Å²) in [7, 11) is 0. The molecule has 2 amide bonds. The molecule has 0 spiro atoms. The van der Waals surface area contributed by atoms with Gasteiger partial charge in [-0.05, 0) is 43.2 Å². The molecule has 1 saturated carbocycles. The summed E-state index contributed by atoms with van der Waals surface area (Å²) in [6.07, 6.45) is 0.230. The van der Waals surface area contributed by atoms with Gasteiger partial charge in [0.15, 0.2) is 0 Å². The standard InChI is InChI=1S/C26H33N3O5S/c1-15-21(35-14-28-15)17-7-5-16(6-8-17)12-27-22(31)20-11-18(30)13-29(20)23(32)19-9-10-26(4,24(33)34)25(19,2)3/h5-8,14,18-20,30H,9-13H2,1-4H3,(H,27,31)(H,33,34)/t18-,19+,20+,26-/m1/s1. The van der Waals surface area contributed by atoms with Crippen molar-refractivity contribution in [1.82, 2.24) is 15.2 Å². The van der Waals surface area contributed by atoms with Crippen LogP contribution in [0.4, 0.5) is 0 Å². The van der Waals surface area contributed by atoms with Gasteiger partial charge in [-0.25, -0.2) is 4.98 Å². The quantitative estimate of drug-likeness (QED) is 0.561. The molecule has 4 atom stereocenters. The zero-order chi connectivity index (χ0) is 25.5. The SMILES string of the molecule is Cc1ncsc1-c1ccc(CNC(=O)[C@@H]2C[C@@H](O)CN2C(=O)[C@@H]2CC[C@](C)(C(=O)O)C2(C)C)cc1. The van der Waals surface area contributed by atoms with Crippen LogP contribution in [0, 0.1) is 23.7 Å². The van der Waals surface area contributed by atoms with E-state index in [2.05, 4.69) is 10.3 Å². The molecule has 2 aliphatic rings. The number of amides is 2. The van der Waals surface area contributed by atoms with E-state index in [4.69, 9.17) is 0 Å². The fraction of sp³-hybridized carbons (Fsp3) is 0.538.